The van der Waals surface area contributed by atoms with Crippen LogP contribution in [-0.2, 0) is 11.3 Å². The molecule has 0 saturated carbocycles. The van der Waals surface area contributed by atoms with Gasteiger partial charge in [-0.15, -0.1) is 24.0 Å². The van der Waals surface area contributed by atoms with E-state index >= 15 is 0 Å². The van der Waals surface area contributed by atoms with Gasteiger partial charge in [-0.1, -0.05) is 19.8 Å². The fourth-order valence-electron chi connectivity index (χ4n) is 2.36. The Bertz CT molecular complexity index is 606. The van der Waals surface area contributed by atoms with Crippen molar-refractivity contribution in [3.05, 3.63) is 17.3 Å². The molecule has 0 aliphatic carbocycles. The van der Waals surface area contributed by atoms with E-state index in [9.17, 15) is 4.79 Å². The van der Waals surface area contributed by atoms with Gasteiger partial charge in [-0.2, -0.15) is 0 Å². The third kappa shape index (κ3) is 10.7. The van der Waals surface area contributed by atoms with E-state index in [1.807, 2.05) is 34.6 Å². The molecule has 9 heteroatoms. The Hall–Kier alpha value is -1.52. The van der Waals surface area contributed by atoms with Gasteiger partial charge in [0.15, 0.2) is 5.96 Å². The number of aryl methyl sites for hydroxylation is 2. The number of guanidine groups is 1. The number of rotatable bonds is 8. The summed E-state index contributed by atoms with van der Waals surface area (Å²) < 4.78 is 10.9. The number of carbonyl (C=O) groups excluding carboxylic acids is 1. The number of amides is 1. The van der Waals surface area contributed by atoms with E-state index in [0.717, 1.165) is 30.7 Å². The van der Waals surface area contributed by atoms with E-state index in [-0.39, 0.29) is 30.0 Å². The highest BCUT2D eigenvalue weighted by atomic mass is 127. The molecule has 0 aromatic carbocycles. The zero-order chi connectivity index (χ0) is 20.4. The highest BCUT2D eigenvalue weighted by molar-refractivity contribution is 14.0. The van der Waals surface area contributed by atoms with E-state index in [1.165, 1.54) is 0 Å². The van der Waals surface area contributed by atoms with Gasteiger partial charge in [-0.3, -0.25) is 4.99 Å². The van der Waals surface area contributed by atoms with Crippen molar-refractivity contribution < 1.29 is 13.9 Å². The molecular formula is C19H36IN5O3. The Morgan fingerprint density at radius 3 is 2.46 bits per heavy atom. The van der Waals surface area contributed by atoms with Gasteiger partial charge in [0.25, 0.3) is 0 Å². The first-order valence-corrected chi connectivity index (χ1v) is 9.51. The summed E-state index contributed by atoms with van der Waals surface area (Å²) in [5.41, 5.74) is 0.373. The van der Waals surface area contributed by atoms with Crippen LogP contribution in [0.5, 0.6) is 0 Å². The normalized spacial score (nSPS) is 12.8. The van der Waals surface area contributed by atoms with Gasteiger partial charge >= 0.3 is 6.09 Å². The number of hydrogen-bond donors (Lipinski definition) is 3. The predicted octanol–water partition coefficient (Wildman–Crippen LogP) is 3.66. The van der Waals surface area contributed by atoms with Gasteiger partial charge in [0.05, 0.1) is 12.2 Å². The molecule has 0 bridgehead atoms. The molecule has 1 amide bonds. The molecule has 1 heterocycles. The van der Waals surface area contributed by atoms with Gasteiger partial charge in [0, 0.05) is 19.6 Å². The van der Waals surface area contributed by atoms with Crippen LogP contribution < -0.4 is 16.0 Å². The first kappa shape index (κ1) is 26.5. The Labute approximate surface area is 185 Å². The number of alkyl carbamates (subject to hydrolysis) is 1. The Balaban J connectivity index is 0.00000729. The summed E-state index contributed by atoms with van der Waals surface area (Å²) in [6.07, 6.45) is 2.61. The monoisotopic (exact) mass is 509 g/mol. The molecule has 1 aromatic rings. The third-order valence-corrected chi connectivity index (χ3v) is 3.84. The van der Waals surface area contributed by atoms with Crippen molar-refractivity contribution in [2.45, 2.75) is 79.0 Å². The van der Waals surface area contributed by atoms with E-state index < -0.39 is 11.7 Å². The van der Waals surface area contributed by atoms with Crippen LogP contribution in [0.2, 0.25) is 0 Å². The molecule has 0 radical (unpaired) electrons. The maximum Gasteiger partial charge on any atom is 0.407 e. The summed E-state index contributed by atoms with van der Waals surface area (Å²) in [6.45, 7) is 12.4. The second kappa shape index (κ2) is 12.8. The van der Waals surface area contributed by atoms with E-state index in [1.54, 1.807) is 7.05 Å². The number of hydrogen-bond acceptors (Lipinski definition) is 5. The number of ether oxygens (including phenoxy) is 1. The van der Waals surface area contributed by atoms with E-state index in [0.29, 0.717) is 24.9 Å². The largest absolute Gasteiger partial charge is 0.444 e. The Morgan fingerprint density at radius 2 is 1.96 bits per heavy atom. The van der Waals surface area contributed by atoms with Crippen molar-refractivity contribution >= 4 is 36.0 Å². The van der Waals surface area contributed by atoms with Crippen molar-refractivity contribution in [2.75, 3.05) is 13.6 Å². The van der Waals surface area contributed by atoms with Crippen LogP contribution in [0.3, 0.4) is 0 Å². The zero-order valence-corrected chi connectivity index (χ0v) is 20.5. The summed E-state index contributed by atoms with van der Waals surface area (Å²) in [7, 11) is 1.71. The number of carbonyl (C=O) groups is 1. The van der Waals surface area contributed by atoms with Crippen LogP contribution in [0.25, 0.3) is 0 Å². The number of aliphatic imine (C=N–C) groups is 1. The van der Waals surface area contributed by atoms with Gasteiger partial charge in [0.1, 0.15) is 11.4 Å². The van der Waals surface area contributed by atoms with Crippen LogP contribution in [-0.4, -0.2) is 42.3 Å². The van der Waals surface area contributed by atoms with Crippen molar-refractivity contribution in [1.29, 1.82) is 0 Å². The SMILES string of the molecule is CCCCC(CNC(=O)OC(C)(C)C)NC(=NC)NCc1nc(C)c(C)o1.I. The van der Waals surface area contributed by atoms with Crippen LogP contribution in [0.4, 0.5) is 4.79 Å². The van der Waals surface area contributed by atoms with Crippen molar-refractivity contribution in [2.24, 2.45) is 4.99 Å². The minimum absolute atomic E-state index is 0. The molecule has 162 valence electrons. The van der Waals surface area contributed by atoms with Crippen molar-refractivity contribution in [3.8, 4) is 0 Å². The molecule has 8 nitrogen and oxygen atoms in total. The average molecular weight is 509 g/mol. The molecule has 0 aliphatic heterocycles. The molecule has 0 saturated heterocycles. The standard InChI is InChI=1S/C19H35N5O3.HI/c1-8-9-10-15(11-22-18(25)27-19(4,5)6)24-17(20-7)21-12-16-23-13(2)14(3)26-16;/h15H,8-12H2,1-7H3,(H,22,25)(H2,20,21,24);1H. The molecule has 0 aliphatic rings. The molecule has 1 atom stereocenters. The Morgan fingerprint density at radius 1 is 1.29 bits per heavy atom. The molecule has 0 spiro atoms. The Kier molecular flexibility index (Phi) is 12.1. The molecule has 0 fully saturated rings. The van der Waals surface area contributed by atoms with Crippen LogP contribution in [0.1, 0.15) is 64.3 Å². The second-order valence-electron chi connectivity index (χ2n) is 7.54. The fraction of sp³-hybridized carbons (Fsp3) is 0.737. The summed E-state index contributed by atoms with van der Waals surface area (Å²) in [4.78, 5) is 20.5. The van der Waals surface area contributed by atoms with Gasteiger partial charge < -0.3 is 25.1 Å². The number of oxazole rings is 1. The van der Waals surface area contributed by atoms with Crippen molar-refractivity contribution in [1.82, 2.24) is 20.9 Å². The third-order valence-electron chi connectivity index (χ3n) is 3.84. The number of nitrogens with zero attached hydrogens (tertiary/aromatic N) is 2. The number of aromatic nitrogens is 1. The second-order valence-corrected chi connectivity index (χ2v) is 7.54. The maximum absolute atomic E-state index is 11.9. The van der Waals surface area contributed by atoms with Crippen LogP contribution in [0.15, 0.2) is 9.41 Å². The predicted molar refractivity (Wildman–Crippen MR) is 122 cm³/mol. The summed E-state index contributed by atoms with van der Waals surface area (Å²) in [5.74, 6) is 2.07. The minimum atomic E-state index is -0.514. The smallest absolute Gasteiger partial charge is 0.407 e. The van der Waals surface area contributed by atoms with Crippen LogP contribution >= 0.6 is 24.0 Å². The highest BCUT2D eigenvalue weighted by Crippen LogP contribution is 2.08. The molecule has 1 aromatic heterocycles. The first-order valence-electron chi connectivity index (χ1n) is 9.51. The summed E-state index contributed by atoms with van der Waals surface area (Å²) in [5, 5.41) is 9.37. The molecule has 1 unspecified atom stereocenters. The van der Waals surface area contributed by atoms with Gasteiger partial charge in [0.2, 0.25) is 5.89 Å². The van der Waals surface area contributed by atoms with Crippen LogP contribution in [0, 0.1) is 13.8 Å². The lowest BCUT2D eigenvalue weighted by Gasteiger charge is -2.24. The first-order chi connectivity index (χ1) is 12.6. The van der Waals surface area contributed by atoms with E-state index in [4.69, 9.17) is 9.15 Å². The molecule has 1 rings (SSSR count). The maximum atomic E-state index is 11.9. The minimum Gasteiger partial charge on any atom is -0.444 e. The van der Waals surface area contributed by atoms with Gasteiger partial charge in [-0.25, -0.2) is 9.78 Å². The lowest BCUT2D eigenvalue weighted by Crippen LogP contribution is -2.48. The summed E-state index contributed by atoms with van der Waals surface area (Å²) >= 11 is 0. The van der Waals surface area contributed by atoms with Crippen molar-refractivity contribution in [3.63, 3.8) is 0 Å². The van der Waals surface area contributed by atoms with Gasteiger partial charge in [-0.05, 0) is 41.0 Å². The summed E-state index contributed by atoms with van der Waals surface area (Å²) in [6, 6.07) is 0.0386. The molecular weight excluding hydrogens is 473 g/mol. The lowest BCUT2D eigenvalue weighted by molar-refractivity contribution is 0.0523. The lowest BCUT2D eigenvalue weighted by atomic mass is 10.1. The topological polar surface area (TPSA) is 101 Å². The molecule has 28 heavy (non-hydrogen) atoms. The molecule has 3 N–H and O–H groups in total. The number of unbranched alkanes of at least 4 members (excludes halogenated alkanes) is 1. The quantitative estimate of drug-likeness (QED) is 0.281. The zero-order valence-electron chi connectivity index (χ0n) is 18.1. The number of halogens is 1. The van der Waals surface area contributed by atoms with E-state index in [2.05, 4.69) is 32.9 Å². The highest BCUT2D eigenvalue weighted by Gasteiger charge is 2.18. The average Bonchev–Trinajstić information content (AvgIpc) is 2.89. The number of nitrogens with one attached hydrogen (secondary N) is 3. The fourth-order valence-corrected chi connectivity index (χ4v) is 2.36.